The molecule has 0 saturated carbocycles. The standard InChI is InChI=1S/C22H25FN2O4/c1-14-12-15(2-4-18(14)22(28)25-9-6-17(24)7-10-25)19-13-16(23)3-5-20(19)29-11-8-21(26)27/h2-5,12-13,17H,6-11,24H2,1H3,(H,26,27). The lowest BCUT2D eigenvalue weighted by atomic mass is 9.97. The lowest BCUT2D eigenvalue weighted by molar-refractivity contribution is -0.137. The summed E-state index contributed by atoms with van der Waals surface area (Å²) in [6.45, 7) is 3.12. The van der Waals surface area contributed by atoms with Crippen molar-refractivity contribution < 1.29 is 23.8 Å². The van der Waals surface area contributed by atoms with E-state index in [4.69, 9.17) is 15.6 Å². The summed E-state index contributed by atoms with van der Waals surface area (Å²) < 4.78 is 19.4. The van der Waals surface area contributed by atoms with Gasteiger partial charge in [-0.3, -0.25) is 9.59 Å². The normalized spacial score (nSPS) is 14.7. The summed E-state index contributed by atoms with van der Waals surface area (Å²) in [6.07, 6.45) is 1.44. The van der Waals surface area contributed by atoms with E-state index in [1.54, 1.807) is 12.1 Å². The number of benzene rings is 2. The van der Waals surface area contributed by atoms with Crippen LogP contribution in [0, 0.1) is 12.7 Å². The predicted octanol–water partition coefficient (Wildman–Crippen LogP) is 3.22. The number of ether oxygens (including phenoxy) is 1. The van der Waals surface area contributed by atoms with Gasteiger partial charge in [0.25, 0.3) is 5.91 Å². The van der Waals surface area contributed by atoms with Crippen molar-refractivity contribution in [3.63, 3.8) is 0 Å². The Morgan fingerprint density at radius 3 is 2.59 bits per heavy atom. The molecule has 0 aliphatic carbocycles. The van der Waals surface area contributed by atoms with Crippen molar-refractivity contribution in [2.75, 3.05) is 19.7 Å². The van der Waals surface area contributed by atoms with E-state index in [1.807, 2.05) is 17.9 Å². The third kappa shape index (κ3) is 5.12. The molecule has 0 radical (unpaired) electrons. The van der Waals surface area contributed by atoms with Crippen LogP contribution in [0.5, 0.6) is 5.75 Å². The number of nitrogens with zero attached hydrogens (tertiary/aromatic N) is 1. The summed E-state index contributed by atoms with van der Waals surface area (Å²) in [4.78, 5) is 25.4. The molecular formula is C22H25FN2O4. The Balaban J connectivity index is 1.83. The second kappa shape index (κ2) is 9.05. The smallest absolute Gasteiger partial charge is 0.306 e. The number of carbonyl (C=O) groups is 2. The minimum atomic E-state index is -0.967. The highest BCUT2D eigenvalue weighted by molar-refractivity contribution is 5.96. The van der Waals surface area contributed by atoms with Crippen molar-refractivity contribution >= 4 is 11.9 Å². The number of carboxylic acid groups (broad SMARTS) is 1. The monoisotopic (exact) mass is 400 g/mol. The van der Waals surface area contributed by atoms with Gasteiger partial charge in [0.15, 0.2) is 0 Å². The van der Waals surface area contributed by atoms with Crippen LogP contribution < -0.4 is 10.5 Å². The Hall–Kier alpha value is -2.93. The SMILES string of the molecule is Cc1cc(-c2cc(F)ccc2OCCC(=O)O)ccc1C(=O)N1CCC(N)CC1. The number of amides is 1. The minimum Gasteiger partial charge on any atom is -0.492 e. The number of hydrogen-bond donors (Lipinski definition) is 2. The molecule has 0 aromatic heterocycles. The van der Waals surface area contributed by atoms with Gasteiger partial charge in [0.1, 0.15) is 11.6 Å². The average molecular weight is 400 g/mol. The van der Waals surface area contributed by atoms with E-state index in [-0.39, 0.29) is 25.0 Å². The number of nitrogens with two attached hydrogens (primary N) is 1. The van der Waals surface area contributed by atoms with Crippen molar-refractivity contribution in [1.29, 1.82) is 0 Å². The van der Waals surface area contributed by atoms with E-state index in [0.717, 1.165) is 18.4 Å². The van der Waals surface area contributed by atoms with Crippen LogP contribution in [0.15, 0.2) is 36.4 Å². The molecule has 1 saturated heterocycles. The zero-order chi connectivity index (χ0) is 21.0. The number of halogens is 1. The van der Waals surface area contributed by atoms with E-state index < -0.39 is 11.8 Å². The molecule has 3 rings (SSSR count). The highest BCUT2D eigenvalue weighted by Crippen LogP contribution is 2.32. The number of hydrogen-bond acceptors (Lipinski definition) is 4. The Kier molecular flexibility index (Phi) is 6.49. The van der Waals surface area contributed by atoms with E-state index in [9.17, 15) is 14.0 Å². The molecular weight excluding hydrogens is 375 g/mol. The van der Waals surface area contributed by atoms with Gasteiger partial charge in [-0.2, -0.15) is 0 Å². The number of piperidine rings is 1. The van der Waals surface area contributed by atoms with Gasteiger partial charge in [-0.25, -0.2) is 4.39 Å². The first kappa shape index (κ1) is 20.8. The third-order valence-corrected chi connectivity index (χ3v) is 5.11. The number of likely N-dealkylation sites (tertiary alicyclic amines) is 1. The second-order valence-corrected chi connectivity index (χ2v) is 7.29. The van der Waals surface area contributed by atoms with Gasteiger partial charge in [0.05, 0.1) is 13.0 Å². The largest absolute Gasteiger partial charge is 0.492 e. The molecule has 0 atom stereocenters. The summed E-state index contributed by atoms with van der Waals surface area (Å²) in [6, 6.07) is 9.57. The van der Waals surface area contributed by atoms with Crippen molar-refractivity contribution in [2.45, 2.75) is 32.2 Å². The highest BCUT2D eigenvalue weighted by atomic mass is 19.1. The first-order valence-electron chi connectivity index (χ1n) is 9.65. The lowest BCUT2D eigenvalue weighted by Gasteiger charge is -2.30. The van der Waals surface area contributed by atoms with Crippen molar-refractivity contribution in [3.8, 4) is 16.9 Å². The van der Waals surface area contributed by atoms with Crippen LogP contribution in [0.2, 0.25) is 0 Å². The molecule has 7 heteroatoms. The Bertz CT molecular complexity index is 908. The predicted molar refractivity (Wildman–Crippen MR) is 107 cm³/mol. The van der Waals surface area contributed by atoms with Crippen LogP contribution in [-0.4, -0.2) is 47.6 Å². The molecule has 3 N–H and O–H groups in total. The van der Waals surface area contributed by atoms with Crippen LogP contribution >= 0.6 is 0 Å². The van der Waals surface area contributed by atoms with Crippen LogP contribution in [0.4, 0.5) is 4.39 Å². The Morgan fingerprint density at radius 2 is 1.93 bits per heavy atom. The fourth-order valence-electron chi connectivity index (χ4n) is 3.45. The number of rotatable bonds is 6. The molecule has 0 bridgehead atoms. The molecule has 1 amide bonds. The van der Waals surface area contributed by atoms with Crippen molar-refractivity contribution in [3.05, 3.63) is 53.3 Å². The summed E-state index contributed by atoms with van der Waals surface area (Å²) >= 11 is 0. The molecule has 154 valence electrons. The van der Waals surface area contributed by atoms with Crippen LogP contribution in [-0.2, 0) is 4.79 Å². The van der Waals surface area contributed by atoms with E-state index >= 15 is 0 Å². The van der Waals surface area contributed by atoms with Gasteiger partial charge in [0.2, 0.25) is 0 Å². The zero-order valence-electron chi connectivity index (χ0n) is 16.4. The van der Waals surface area contributed by atoms with E-state index in [0.29, 0.717) is 35.5 Å². The lowest BCUT2D eigenvalue weighted by Crippen LogP contribution is -2.43. The van der Waals surface area contributed by atoms with Gasteiger partial charge in [0, 0.05) is 30.3 Å². The van der Waals surface area contributed by atoms with Gasteiger partial charge < -0.3 is 20.5 Å². The minimum absolute atomic E-state index is 0.0133. The second-order valence-electron chi connectivity index (χ2n) is 7.29. The molecule has 2 aromatic rings. The van der Waals surface area contributed by atoms with Crippen LogP contribution in [0.3, 0.4) is 0 Å². The maximum atomic E-state index is 13.8. The topological polar surface area (TPSA) is 92.9 Å². The molecule has 29 heavy (non-hydrogen) atoms. The molecule has 1 aliphatic heterocycles. The molecule has 6 nitrogen and oxygen atoms in total. The summed E-state index contributed by atoms with van der Waals surface area (Å²) in [5.41, 5.74) is 8.51. The fraction of sp³-hybridized carbons (Fsp3) is 0.364. The molecule has 0 unspecified atom stereocenters. The average Bonchev–Trinajstić information content (AvgIpc) is 2.69. The number of aryl methyl sites for hydroxylation is 1. The van der Waals surface area contributed by atoms with Gasteiger partial charge in [-0.05, 0) is 55.2 Å². The Labute approximate surface area is 169 Å². The summed E-state index contributed by atoms with van der Waals surface area (Å²) in [5, 5.41) is 8.78. The van der Waals surface area contributed by atoms with Crippen LogP contribution in [0.1, 0.15) is 35.2 Å². The summed E-state index contributed by atoms with van der Waals surface area (Å²) in [7, 11) is 0. The highest BCUT2D eigenvalue weighted by Gasteiger charge is 2.23. The maximum Gasteiger partial charge on any atom is 0.306 e. The molecule has 1 fully saturated rings. The molecule has 1 heterocycles. The van der Waals surface area contributed by atoms with E-state index in [2.05, 4.69) is 0 Å². The van der Waals surface area contributed by atoms with Gasteiger partial charge in [-0.15, -0.1) is 0 Å². The number of carbonyl (C=O) groups excluding carboxylic acids is 1. The maximum absolute atomic E-state index is 13.8. The number of carboxylic acids is 1. The first-order valence-corrected chi connectivity index (χ1v) is 9.65. The fourth-order valence-corrected chi connectivity index (χ4v) is 3.45. The van der Waals surface area contributed by atoms with Crippen molar-refractivity contribution in [1.82, 2.24) is 4.90 Å². The molecule has 0 spiro atoms. The van der Waals surface area contributed by atoms with Crippen molar-refractivity contribution in [2.24, 2.45) is 5.73 Å². The quantitative estimate of drug-likeness (QED) is 0.777. The van der Waals surface area contributed by atoms with E-state index in [1.165, 1.54) is 18.2 Å². The van der Waals surface area contributed by atoms with Gasteiger partial charge in [-0.1, -0.05) is 12.1 Å². The number of aliphatic carboxylic acids is 1. The zero-order valence-corrected chi connectivity index (χ0v) is 16.4. The van der Waals surface area contributed by atoms with Gasteiger partial charge >= 0.3 is 5.97 Å². The Morgan fingerprint density at radius 1 is 1.21 bits per heavy atom. The molecule has 1 aliphatic rings. The first-order chi connectivity index (χ1) is 13.8. The summed E-state index contributed by atoms with van der Waals surface area (Å²) in [5.74, 6) is -1.02. The molecule has 2 aromatic carbocycles. The van der Waals surface area contributed by atoms with Crippen LogP contribution in [0.25, 0.3) is 11.1 Å². The third-order valence-electron chi connectivity index (χ3n) is 5.11.